The maximum absolute atomic E-state index is 13.0. The quantitative estimate of drug-likeness (QED) is 0.234. The maximum atomic E-state index is 13.0. The second-order valence-electron chi connectivity index (χ2n) is 11.6. The monoisotopic (exact) mass is 547 g/mol. The highest BCUT2D eigenvalue weighted by molar-refractivity contribution is 7.80. The van der Waals surface area contributed by atoms with Crippen LogP contribution in [0.1, 0.15) is 43.4 Å². The summed E-state index contributed by atoms with van der Waals surface area (Å²) in [4.78, 5) is 13.0. The number of fused-ring (bicyclic) bond motifs is 3. The lowest BCUT2D eigenvalue weighted by atomic mass is 9.98. The van der Waals surface area contributed by atoms with Gasteiger partial charge in [-0.25, -0.2) is 4.79 Å². The Kier molecular flexibility index (Phi) is 8.28. The van der Waals surface area contributed by atoms with E-state index in [2.05, 4.69) is 49.2 Å². The van der Waals surface area contributed by atoms with Crippen LogP contribution in [0.3, 0.4) is 0 Å². The van der Waals surface area contributed by atoms with Crippen LogP contribution >= 0.6 is 12.2 Å². The van der Waals surface area contributed by atoms with Gasteiger partial charge in [-0.1, -0.05) is 60.7 Å². The topological polar surface area (TPSA) is 56.8 Å². The van der Waals surface area contributed by atoms with Crippen molar-refractivity contribution in [3.63, 3.8) is 0 Å². The lowest BCUT2D eigenvalue weighted by Crippen LogP contribution is -2.46. The zero-order chi connectivity index (χ0) is 27.5. The first-order valence-electron chi connectivity index (χ1n) is 13.0. The fourth-order valence-corrected chi connectivity index (χ4v) is 6.27. The molecule has 0 saturated heterocycles. The van der Waals surface area contributed by atoms with Gasteiger partial charge in [0.05, 0.1) is 0 Å². The van der Waals surface area contributed by atoms with E-state index in [1.54, 1.807) is 0 Å². The molecule has 0 aromatic heterocycles. The van der Waals surface area contributed by atoms with Crippen LogP contribution in [-0.2, 0) is 15.6 Å². The molecule has 0 radical (unpaired) electrons. The maximum Gasteiger partial charge on any atom is 0.407 e. The Balaban J connectivity index is 1.45. The van der Waals surface area contributed by atoms with Gasteiger partial charge < -0.3 is 19.2 Å². The minimum absolute atomic E-state index is 0.00727. The summed E-state index contributed by atoms with van der Waals surface area (Å²) in [5, 5.41) is 3.36. The average Bonchev–Trinajstić information content (AvgIpc) is 3.15. The van der Waals surface area contributed by atoms with Crippen molar-refractivity contribution in [2.45, 2.75) is 64.4 Å². The van der Waals surface area contributed by atoms with Gasteiger partial charge in [-0.3, -0.25) is 0 Å². The molecule has 0 heterocycles. The van der Waals surface area contributed by atoms with Crippen LogP contribution in [0.15, 0.2) is 72.8 Å². The minimum Gasteiger partial charge on any atom is -0.538 e. The molecule has 5 nitrogen and oxygen atoms in total. The summed E-state index contributed by atoms with van der Waals surface area (Å²) in [5.41, 5.74) is 5.47. The van der Waals surface area contributed by atoms with E-state index in [-0.39, 0.29) is 18.1 Å². The lowest BCUT2D eigenvalue weighted by molar-refractivity contribution is 0.131. The first kappa shape index (κ1) is 27.9. The predicted molar refractivity (Wildman–Crippen MR) is 160 cm³/mol. The number of amides is 1. The van der Waals surface area contributed by atoms with E-state index < -0.39 is 20.5 Å². The van der Waals surface area contributed by atoms with E-state index in [1.807, 2.05) is 69.3 Å². The summed E-state index contributed by atoms with van der Waals surface area (Å²) >= 11 is 5.65. The molecule has 3 aromatic carbocycles. The second kappa shape index (κ2) is 11.3. The molecule has 0 fully saturated rings. The third kappa shape index (κ3) is 7.23. The van der Waals surface area contributed by atoms with Gasteiger partial charge in [0.2, 0.25) is 8.32 Å². The Bertz CT molecular complexity index is 1250. The van der Waals surface area contributed by atoms with Crippen molar-refractivity contribution in [2.75, 3.05) is 6.61 Å². The number of hydrogen-bond donors (Lipinski definition) is 1. The van der Waals surface area contributed by atoms with Gasteiger partial charge in [-0.05, 0) is 92.6 Å². The van der Waals surface area contributed by atoms with E-state index in [1.165, 1.54) is 22.3 Å². The molecule has 1 atom stereocenters. The summed E-state index contributed by atoms with van der Waals surface area (Å²) in [7, 11) is -1.96. The van der Waals surface area contributed by atoms with Crippen molar-refractivity contribution < 1.29 is 18.7 Å². The molecule has 0 saturated carbocycles. The summed E-state index contributed by atoms with van der Waals surface area (Å²) < 4.78 is 17.8. The Morgan fingerprint density at radius 3 is 2.00 bits per heavy atom. The Morgan fingerprint density at radius 1 is 0.921 bits per heavy atom. The molecule has 1 aliphatic carbocycles. The van der Waals surface area contributed by atoms with Gasteiger partial charge in [-0.15, -0.1) is 0 Å². The molecule has 200 valence electrons. The van der Waals surface area contributed by atoms with Crippen molar-refractivity contribution in [1.82, 2.24) is 5.32 Å². The van der Waals surface area contributed by atoms with Crippen LogP contribution < -0.4 is 10.1 Å². The summed E-state index contributed by atoms with van der Waals surface area (Å²) in [6.07, 6.45) is -0.0189. The largest absolute Gasteiger partial charge is 0.538 e. The molecular weight excluding hydrogens is 510 g/mol. The Labute approximate surface area is 232 Å². The molecule has 0 bridgehead atoms. The van der Waals surface area contributed by atoms with Crippen LogP contribution in [0.5, 0.6) is 5.75 Å². The Morgan fingerprint density at radius 2 is 1.47 bits per heavy atom. The standard InChI is InChI=1S/C31H37NO4SSi/c1-31(2,3)35-22-17-15-21(16-18-22)19-28(29(37)36-38(4,5)6)32-30(33)34-20-27-25-13-9-7-11-23(25)24-12-8-10-14-26(24)27/h7-18,27-28H,19-20H2,1-6H3,(H,32,33). The molecule has 1 unspecified atom stereocenters. The van der Waals surface area contributed by atoms with Crippen LogP contribution in [0.25, 0.3) is 11.1 Å². The van der Waals surface area contributed by atoms with Crippen LogP contribution in [0.2, 0.25) is 19.6 Å². The zero-order valence-corrected chi connectivity index (χ0v) is 24.9. The van der Waals surface area contributed by atoms with Crippen molar-refractivity contribution in [1.29, 1.82) is 0 Å². The SMILES string of the molecule is CC(C)(C)Oc1ccc(CC(NC(=O)OCC2c3ccccc3-c3ccccc32)C(=S)O[Si](C)(C)C)cc1. The van der Waals surface area contributed by atoms with E-state index >= 15 is 0 Å². The fraction of sp³-hybridized carbons (Fsp3) is 0.355. The highest BCUT2D eigenvalue weighted by atomic mass is 32.1. The van der Waals surface area contributed by atoms with Gasteiger partial charge in [0.15, 0.2) is 5.05 Å². The number of carbonyl (C=O) groups is 1. The number of benzene rings is 3. The molecule has 0 spiro atoms. The van der Waals surface area contributed by atoms with Crippen LogP contribution in [0.4, 0.5) is 4.79 Å². The molecule has 3 aromatic rings. The third-order valence-corrected chi connectivity index (χ3v) is 7.46. The summed E-state index contributed by atoms with van der Waals surface area (Å²) in [6.45, 7) is 12.5. The van der Waals surface area contributed by atoms with Gasteiger partial charge >= 0.3 is 6.09 Å². The fourth-order valence-electron chi connectivity index (χ4n) is 4.63. The number of thiocarbonyl (C=S) groups is 1. The molecule has 0 aliphatic heterocycles. The number of carbonyl (C=O) groups excluding carboxylic acids is 1. The second-order valence-corrected chi connectivity index (χ2v) is 16.4. The number of rotatable bonds is 8. The van der Waals surface area contributed by atoms with Crippen molar-refractivity contribution in [3.8, 4) is 16.9 Å². The number of nitrogens with one attached hydrogen (secondary N) is 1. The zero-order valence-electron chi connectivity index (χ0n) is 23.0. The number of hydrogen-bond acceptors (Lipinski definition) is 5. The predicted octanol–water partition coefficient (Wildman–Crippen LogP) is 7.49. The molecule has 1 N–H and O–H groups in total. The van der Waals surface area contributed by atoms with Gasteiger partial charge in [-0.2, -0.15) is 0 Å². The molecule has 38 heavy (non-hydrogen) atoms. The van der Waals surface area contributed by atoms with Gasteiger partial charge in [0.1, 0.15) is 24.0 Å². The molecule has 4 rings (SSSR count). The van der Waals surface area contributed by atoms with Gasteiger partial charge in [0.25, 0.3) is 0 Å². The normalized spacial score (nSPS) is 13.7. The molecule has 7 heteroatoms. The van der Waals surface area contributed by atoms with E-state index in [0.29, 0.717) is 11.5 Å². The number of alkyl carbamates (subject to hydrolysis) is 1. The van der Waals surface area contributed by atoms with Gasteiger partial charge in [0, 0.05) is 12.3 Å². The summed E-state index contributed by atoms with van der Waals surface area (Å²) in [6, 6.07) is 23.9. The first-order valence-corrected chi connectivity index (χ1v) is 16.8. The van der Waals surface area contributed by atoms with Crippen molar-refractivity contribution in [3.05, 3.63) is 89.5 Å². The highest BCUT2D eigenvalue weighted by Gasteiger charge is 2.30. The molecule has 1 aliphatic rings. The van der Waals surface area contributed by atoms with E-state index in [9.17, 15) is 4.79 Å². The highest BCUT2D eigenvalue weighted by Crippen LogP contribution is 2.44. The van der Waals surface area contributed by atoms with Crippen LogP contribution in [0, 0.1) is 0 Å². The van der Waals surface area contributed by atoms with E-state index in [0.717, 1.165) is 11.3 Å². The third-order valence-electron chi connectivity index (χ3n) is 6.11. The Hall–Kier alpha value is -3.16. The van der Waals surface area contributed by atoms with Crippen LogP contribution in [-0.4, -0.2) is 37.7 Å². The minimum atomic E-state index is -1.96. The molecule has 1 amide bonds. The lowest BCUT2D eigenvalue weighted by Gasteiger charge is -2.26. The van der Waals surface area contributed by atoms with Crippen molar-refractivity contribution in [2.24, 2.45) is 0 Å². The smallest absolute Gasteiger partial charge is 0.407 e. The van der Waals surface area contributed by atoms with Crippen molar-refractivity contribution >= 4 is 31.7 Å². The first-order chi connectivity index (χ1) is 17.9. The molecular formula is C31H37NO4SSi. The number of ether oxygens (including phenoxy) is 2. The summed E-state index contributed by atoms with van der Waals surface area (Å²) in [5.74, 6) is 0.787. The van der Waals surface area contributed by atoms with E-state index in [4.69, 9.17) is 26.1 Å². The average molecular weight is 548 g/mol.